The van der Waals surface area contributed by atoms with Gasteiger partial charge in [-0.3, -0.25) is 0 Å². The molecular formula is C9H11ClO3S. The van der Waals surface area contributed by atoms with Crippen molar-refractivity contribution in [3.63, 3.8) is 0 Å². The summed E-state index contributed by atoms with van der Waals surface area (Å²) >= 11 is 0. The van der Waals surface area contributed by atoms with Crippen LogP contribution in [0.25, 0.3) is 0 Å². The number of halogens is 1. The van der Waals surface area contributed by atoms with Gasteiger partial charge in [-0.15, -0.1) is 0 Å². The molecule has 0 saturated carbocycles. The zero-order chi connectivity index (χ0) is 10.9. The molecule has 0 spiro atoms. The van der Waals surface area contributed by atoms with E-state index >= 15 is 0 Å². The molecule has 78 valence electrons. The minimum Gasteiger partial charge on any atom is -0.508 e. The number of phenols is 1. The van der Waals surface area contributed by atoms with Crippen LogP contribution in [-0.2, 0) is 14.8 Å². The first-order valence-electron chi connectivity index (χ1n) is 4.01. The zero-order valence-electron chi connectivity index (χ0n) is 7.91. The molecule has 1 rings (SSSR count). The topological polar surface area (TPSA) is 54.4 Å². The fourth-order valence-corrected chi connectivity index (χ4v) is 2.12. The van der Waals surface area contributed by atoms with Crippen molar-refractivity contribution < 1.29 is 13.5 Å². The highest BCUT2D eigenvalue weighted by atomic mass is 35.7. The van der Waals surface area contributed by atoms with Crippen LogP contribution in [0.2, 0.25) is 0 Å². The fourth-order valence-electron chi connectivity index (χ4n) is 1.16. The molecule has 0 heterocycles. The predicted molar refractivity (Wildman–Crippen MR) is 56.1 cm³/mol. The molecule has 0 atom stereocenters. The van der Waals surface area contributed by atoms with E-state index in [0.29, 0.717) is 5.56 Å². The van der Waals surface area contributed by atoms with E-state index in [1.165, 1.54) is 6.07 Å². The van der Waals surface area contributed by atoms with Crippen molar-refractivity contribution in [3.8, 4) is 5.75 Å². The van der Waals surface area contributed by atoms with Crippen molar-refractivity contribution in [2.75, 3.05) is 0 Å². The average molecular weight is 235 g/mol. The molecule has 0 unspecified atom stereocenters. The van der Waals surface area contributed by atoms with Gasteiger partial charge in [0.05, 0.1) is 5.75 Å². The largest absolute Gasteiger partial charge is 0.508 e. The molecule has 0 fully saturated rings. The summed E-state index contributed by atoms with van der Waals surface area (Å²) in [4.78, 5) is 0. The van der Waals surface area contributed by atoms with E-state index in [9.17, 15) is 13.5 Å². The summed E-state index contributed by atoms with van der Waals surface area (Å²) in [6.45, 7) is 3.69. The molecule has 1 aromatic rings. The Bertz CT molecular complexity index is 451. The van der Waals surface area contributed by atoms with Gasteiger partial charge in [-0.25, -0.2) is 8.42 Å². The second-order valence-corrected chi connectivity index (χ2v) is 6.03. The molecule has 5 heteroatoms. The van der Waals surface area contributed by atoms with Crippen LogP contribution in [0.4, 0.5) is 0 Å². The Morgan fingerprint density at radius 2 is 1.79 bits per heavy atom. The molecule has 0 aromatic heterocycles. The molecule has 3 nitrogen and oxygen atoms in total. The maximum absolute atomic E-state index is 10.8. The molecule has 0 saturated heterocycles. The Labute approximate surface area is 87.8 Å². The summed E-state index contributed by atoms with van der Waals surface area (Å²) in [5.41, 5.74) is 2.18. The molecule has 0 bridgehead atoms. The van der Waals surface area contributed by atoms with Gasteiger partial charge < -0.3 is 5.11 Å². The summed E-state index contributed by atoms with van der Waals surface area (Å²) in [5.74, 6) is -0.376. The standard InChI is InChI=1S/C9H11ClO3S/c1-6-3-8(5-14(10,12)13)9(11)4-7(6)2/h3-4,11H,5H2,1-2H3. The smallest absolute Gasteiger partial charge is 0.236 e. The van der Waals surface area contributed by atoms with Gasteiger partial charge in [-0.1, -0.05) is 6.07 Å². The monoisotopic (exact) mass is 234 g/mol. The van der Waals surface area contributed by atoms with Gasteiger partial charge in [0.15, 0.2) is 0 Å². The third-order valence-electron chi connectivity index (χ3n) is 2.02. The van der Waals surface area contributed by atoms with Gasteiger partial charge >= 0.3 is 0 Å². The van der Waals surface area contributed by atoms with E-state index in [1.807, 2.05) is 13.8 Å². The van der Waals surface area contributed by atoms with Crippen molar-refractivity contribution in [3.05, 3.63) is 28.8 Å². The molecular weight excluding hydrogens is 224 g/mol. The number of benzene rings is 1. The summed E-state index contributed by atoms with van der Waals surface area (Å²) in [6.07, 6.45) is 0. The lowest BCUT2D eigenvalue weighted by Gasteiger charge is -2.06. The zero-order valence-corrected chi connectivity index (χ0v) is 9.48. The molecule has 0 aliphatic rings. The second kappa shape index (κ2) is 3.79. The highest BCUT2D eigenvalue weighted by Gasteiger charge is 2.12. The molecule has 0 radical (unpaired) electrons. The molecule has 14 heavy (non-hydrogen) atoms. The van der Waals surface area contributed by atoms with E-state index in [2.05, 4.69) is 0 Å². The van der Waals surface area contributed by atoms with Gasteiger partial charge in [0.1, 0.15) is 5.75 Å². The minimum atomic E-state index is -3.62. The molecule has 0 aliphatic carbocycles. The lowest BCUT2D eigenvalue weighted by Crippen LogP contribution is -1.97. The van der Waals surface area contributed by atoms with Crippen molar-refractivity contribution >= 4 is 19.7 Å². The average Bonchev–Trinajstić information content (AvgIpc) is 1.97. The normalized spacial score (nSPS) is 11.6. The molecule has 0 amide bonds. The first kappa shape index (κ1) is 11.3. The van der Waals surface area contributed by atoms with Gasteiger partial charge in [0.25, 0.3) is 0 Å². The van der Waals surface area contributed by atoms with Crippen LogP contribution >= 0.6 is 10.7 Å². The van der Waals surface area contributed by atoms with Crippen LogP contribution in [0.5, 0.6) is 5.75 Å². The molecule has 1 aromatic carbocycles. The first-order valence-corrected chi connectivity index (χ1v) is 6.49. The maximum atomic E-state index is 10.8. The van der Waals surface area contributed by atoms with Crippen LogP contribution in [-0.4, -0.2) is 13.5 Å². The molecule has 0 aliphatic heterocycles. The van der Waals surface area contributed by atoms with E-state index in [1.54, 1.807) is 6.07 Å². The predicted octanol–water partition coefficient (Wildman–Crippen LogP) is 2.08. The Hall–Kier alpha value is -0.740. The van der Waals surface area contributed by atoms with Crippen molar-refractivity contribution in [1.82, 2.24) is 0 Å². The lowest BCUT2D eigenvalue weighted by atomic mass is 10.1. The Kier molecular flexibility index (Phi) is 3.07. The highest BCUT2D eigenvalue weighted by Crippen LogP contribution is 2.24. The number of phenolic OH excluding ortho intramolecular Hbond substituents is 1. The Balaban J connectivity index is 3.17. The number of rotatable bonds is 2. The van der Waals surface area contributed by atoms with Crippen molar-refractivity contribution in [2.24, 2.45) is 0 Å². The summed E-state index contributed by atoms with van der Waals surface area (Å²) in [7, 11) is 1.48. The van der Waals surface area contributed by atoms with E-state index in [0.717, 1.165) is 11.1 Å². The van der Waals surface area contributed by atoms with Crippen molar-refractivity contribution in [2.45, 2.75) is 19.6 Å². The van der Waals surface area contributed by atoms with E-state index < -0.39 is 9.05 Å². The quantitative estimate of drug-likeness (QED) is 0.798. The first-order chi connectivity index (χ1) is 6.29. The second-order valence-electron chi connectivity index (χ2n) is 3.25. The van der Waals surface area contributed by atoms with Crippen LogP contribution in [0, 0.1) is 13.8 Å². The number of hydrogen-bond donors (Lipinski definition) is 1. The lowest BCUT2D eigenvalue weighted by molar-refractivity contribution is 0.469. The number of aryl methyl sites for hydroxylation is 2. The van der Waals surface area contributed by atoms with Gasteiger partial charge in [0, 0.05) is 16.2 Å². The van der Waals surface area contributed by atoms with Crippen LogP contribution < -0.4 is 0 Å². The van der Waals surface area contributed by atoms with E-state index in [4.69, 9.17) is 10.7 Å². The van der Waals surface area contributed by atoms with Gasteiger partial charge in [-0.05, 0) is 31.0 Å². The summed E-state index contributed by atoms with van der Waals surface area (Å²) < 4.78 is 21.6. The Morgan fingerprint density at radius 3 is 2.29 bits per heavy atom. The number of hydrogen-bond acceptors (Lipinski definition) is 3. The summed E-state index contributed by atoms with van der Waals surface area (Å²) in [6, 6.07) is 3.16. The number of aromatic hydroxyl groups is 1. The SMILES string of the molecule is Cc1cc(O)c(CS(=O)(=O)Cl)cc1C. The van der Waals surface area contributed by atoms with Crippen LogP contribution in [0.15, 0.2) is 12.1 Å². The highest BCUT2D eigenvalue weighted by molar-refractivity contribution is 8.13. The van der Waals surface area contributed by atoms with Gasteiger partial charge in [0.2, 0.25) is 9.05 Å². The van der Waals surface area contributed by atoms with Gasteiger partial charge in [-0.2, -0.15) is 0 Å². The maximum Gasteiger partial charge on any atom is 0.236 e. The van der Waals surface area contributed by atoms with Crippen LogP contribution in [0.3, 0.4) is 0 Å². The third-order valence-corrected chi connectivity index (χ3v) is 3.01. The Morgan fingerprint density at radius 1 is 1.29 bits per heavy atom. The molecule has 1 N–H and O–H groups in total. The van der Waals surface area contributed by atoms with E-state index in [-0.39, 0.29) is 11.5 Å². The minimum absolute atomic E-state index is 0.0303. The third kappa shape index (κ3) is 2.89. The van der Waals surface area contributed by atoms with Crippen LogP contribution in [0.1, 0.15) is 16.7 Å². The fraction of sp³-hybridized carbons (Fsp3) is 0.333. The van der Waals surface area contributed by atoms with Crippen molar-refractivity contribution in [1.29, 1.82) is 0 Å². The summed E-state index contributed by atoms with van der Waals surface area (Å²) in [5, 5.41) is 9.46.